The molecule has 11 heavy (non-hydrogen) atoms. The summed E-state index contributed by atoms with van der Waals surface area (Å²) in [6.07, 6.45) is 4.98. The second-order valence-electron chi connectivity index (χ2n) is 3.11. The fourth-order valence-corrected chi connectivity index (χ4v) is 1.61. The third kappa shape index (κ3) is 2.43. The Morgan fingerprint density at radius 1 is 1.73 bits per heavy atom. The van der Waals surface area contributed by atoms with Gasteiger partial charge in [-0.05, 0) is 19.3 Å². The summed E-state index contributed by atoms with van der Waals surface area (Å²) in [5, 5.41) is 0. The van der Waals surface area contributed by atoms with Crippen LogP contribution < -0.4 is 11.3 Å². The molecule has 66 valence electrons. The Balaban J connectivity index is 2.27. The van der Waals surface area contributed by atoms with Gasteiger partial charge in [-0.3, -0.25) is 11.3 Å². The Morgan fingerprint density at radius 3 is 3.00 bits per heavy atom. The van der Waals surface area contributed by atoms with Gasteiger partial charge in [0.05, 0.1) is 6.10 Å². The van der Waals surface area contributed by atoms with E-state index in [1.807, 2.05) is 0 Å². The monoisotopic (exact) mass is 158 g/mol. The first kappa shape index (κ1) is 8.97. The molecule has 3 nitrogen and oxygen atoms in total. The van der Waals surface area contributed by atoms with E-state index in [-0.39, 0.29) is 0 Å². The Morgan fingerprint density at radius 2 is 2.55 bits per heavy atom. The SMILES string of the molecule is CCCC(NN)C1CCCO1. The van der Waals surface area contributed by atoms with Crippen molar-refractivity contribution >= 4 is 0 Å². The van der Waals surface area contributed by atoms with E-state index in [1.165, 1.54) is 6.42 Å². The number of hydrazine groups is 1. The minimum atomic E-state index is 0.361. The molecule has 1 heterocycles. The summed E-state index contributed by atoms with van der Waals surface area (Å²) in [5.74, 6) is 5.41. The molecule has 0 aliphatic carbocycles. The average molecular weight is 158 g/mol. The minimum absolute atomic E-state index is 0.361. The van der Waals surface area contributed by atoms with Crippen molar-refractivity contribution in [3.8, 4) is 0 Å². The molecule has 0 aromatic carbocycles. The molecule has 1 saturated heterocycles. The summed E-state index contributed by atoms with van der Waals surface area (Å²) in [7, 11) is 0. The van der Waals surface area contributed by atoms with Crippen molar-refractivity contribution in [3.05, 3.63) is 0 Å². The van der Waals surface area contributed by atoms with E-state index in [9.17, 15) is 0 Å². The van der Waals surface area contributed by atoms with Crippen molar-refractivity contribution in [2.45, 2.75) is 44.8 Å². The Kier molecular flexibility index (Phi) is 3.83. The van der Waals surface area contributed by atoms with Crippen LogP contribution in [0.1, 0.15) is 32.6 Å². The third-order valence-electron chi connectivity index (χ3n) is 2.23. The van der Waals surface area contributed by atoms with Crippen LogP contribution in [0, 0.1) is 0 Å². The lowest BCUT2D eigenvalue weighted by Crippen LogP contribution is -2.43. The zero-order valence-corrected chi connectivity index (χ0v) is 7.18. The maximum absolute atomic E-state index is 5.52. The Bertz CT molecular complexity index is 102. The predicted octanol–water partition coefficient (Wildman–Crippen LogP) is 0.797. The van der Waals surface area contributed by atoms with Crippen molar-refractivity contribution in [2.75, 3.05) is 6.61 Å². The van der Waals surface area contributed by atoms with Gasteiger partial charge in [-0.2, -0.15) is 0 Å². The highest BCUT2D eigenvalue weighted by Gasteiger charge is 2.23. The van der Waals surface area contributed by atoms with E-state index in [0.29, 0.717) is 12.1 Å². The molecule has 0 amide bonds. The summed E-state index contributed by atoms with van der Waals surface area (Å²) in [6, 6.07) is 0.363. The van der Waals surface area contributed by atoms with Crippen molar-refractivity contribution in [3.63, 3.8) is 0 Å². The highest BCUT2D eigenvalue weighted by Crippen LogP contribution is 2.17. The lowest BCUT2D eigenvalue weighted by Gasteiger charge is -2.20. The van der Waals surface area contributed by atoms with Crippen LogP contribution >= 0.6 is 0 Å². The van der Waals surface area contributed by atoms with Gasteiger partial charge in [0.15, 0.2) is 0 Å². The Labute approximate surface area is 68.3 Å². The average Bonchev–Trinajstić information content (AvgIpc) is 2.52. The summed E-state index contributed by atoms with van der Waals surface area (Å²) < 4.78 is 5.52. The van der Waals surface area contributed by atoms with Crippen LogP contribution in [0.3, 0.4) is 0 Å². The lowest BCUT2D eigenvalue weighted by atomic mass is 10.0. The largest absolute Gasteiger partial charge is 0.377 e. The van der Waals surface area contributed by atoms with E-state index >= 15 is 0 Å². The number of rotatable bonds is 4. The van der Waals surface area contributed by atoms with Crippen LogP contribution in [0.15, 0.2) is 0 Å². The molecule has 0 saturated carbocycles. The summed E-state index contributed by atoms with van der Waals surface area (Å²) in [5.41, 5.74) is 2.82. The molecule has 3 N–H and O–H groups in total. The summed E-state index contributed by atoms with van der Waals surface area (Å²) in [4.78, 5) is 0. The highest BCUT2D eigenvalue weighted by atomic mass is 16.5. The molecule has 2 atom stereocenters. The van der Waals surface area contributed by atoms with Gasteiger partial charge < -0.3 is 4.74 Å². The molecule has 0 aromatic rings. The van der Waals surface area contributed by atoms with Crippen LogP contribution in [0.2, 0.25) is 0 Å². The second-order valence-corrected chi connectivity index (χ2v) is 3.11. The van der Waals surface area contributed by atoms with E-state index in [1.54, 1.807) is 0 Å². The lowest BCUT2D eigenvalue weighted by molar-refractivity contribution is 0.0754. The number of hydrogen-bond acceptors (Lipinski definition) is 3. The molecule has 0 bridgehead atoms. The van der Waals surface area contributed by atoms with Crippen LogP contribution in [-0.2, 0) is 4.74 Å². The van der Waals surface area contributed by atoms with Gasteiger partial charge in [0.25, 0.3) is 0 Å². The van der Waals surface area contributed by atoms with E-state index in [2.05, 4.69) is 12.3 Å². The topological polar surface area (TPSA) is 47.3 Å². The zero-order valence-electron chi connectivity index (χ0n) is 7.18. The first-order chi connectivity index (χ1) is 5.38. The van der Waals surface area contributed by atoms with Crippen LogP contribution in [0.25, 0.3) is 0 Å². The smallest absolute Gasteiger partial charge is 0.0742 e. The van der Waals surface area contributed by atoms with Crippen LogP contribution in [0.5, 0.6) is 0 Å². The van der Waals surface area contributed by atoms with Crippen molar-refractivity contribution < 1.29 is 4.74 Å². The van der Waals surface area contributed by atoms with Crippen molar-refractivity contribution in [1.82, 2.24) is 5.43 Å². The molecule has 3 heteroatoms. The molecule has 1 rings (SSSR count). The first-order valence-electron chi connectivity index (χ1n) is 4.46. The van der Waals surface area contributed by atoms with Crippen LogP contribution in [0.4, 0.5) is 0 Å². The molecular formula is C8H18N2O. The number of ether oxygens (including phenoxy) is 1. The van der Waals surface area contributed by atoms with E-state index < -0.39 is 0 Å². The van der Waals surface area contributed by atoms with Gasteiger partial charge in [-0.1, -0.05) is 13.3 Å². The fraction of sp³-hybridized carbons (Fsp3) is 1.00. The molecule has 0 spiro atoms. The first-order valence-corrected chi connectivity index (χ1v) is 4.46. The maximum Gasteiger partial charge on any atom is 0.0742 e. The second kappa shape index (κ2) is 4.70. The molecule has 1 aliphatic heterocycles. The molecule has 0 radical (unpaired) electrons. The summed E-state index contributed by atoms with van der Waals surface area (Å²) >= 11 is 0. The van der Waals surface area contributed by atoms with Crippen molar-refractivity contribution in [1.29, 1.82) is 0 Å². The van der Waals surface area contributed by atoms with Gasteiger partial charge in [0.1, 0.15) is 0 Å². The fourth-order valence-electron chi connectivity index (χ4n) is 1.61. The molecular weight excluding hydrogens is 140 g/mol. The van der Waals surface area contributed by atoms with E-state index in [4.69, 9.17) is 10.6 Å². The van der Waals surface area contributed by atoms with Gasteiger partial charge >= 0.3 is 0 Å². The van der Waals surface area contributed by atoms with Gasteiger partial charge in [-0.25, -0.2) is 0 Å². The van der Waals surface area contributed by atoms with Gasteiger partial charge in [0.2, 0.25) is 0 Å². The Hall–Kier alpha value is -0.120. The molecule has 2 unspecified atom stereocenters. The molecule has 1 fully saturated rings. The zero-order chi connectivity index (χ0) is 8.10. The number of nitrogens with two attached hydrogens (primary N) is 1. The maximum atomic E-state index is 5.52. The van der Waals surface area contributed by atoms with Crippen molar-refractivity contribution in [2.24, 2.45) is 5.84 Å². The standard InChI is InChI=1S/C8H18N2O/c1-2-4-7(10-9)8-5-3-6-11-8/h7-8,10H,2-6,9H2,1H3. The predicted molar refractivity (Wildman–Crippen MR) is 45.0 cm³/mol. The normalized spacial score (nSPS) is 27.3. The molecule has 1 aliphatic rings. The number of nitrogens with one attached hydrogen (secondary N) is 1. The summed E-state index contributed by atoms with van der Waals surface area (Å²) in [6.45, 7) is 3.08. The van der Waals surface area contributed by atoms with Gasteiger partial charge in [-0.15, -0.1) is 0 Å². The van der Waals surface area contributed by atoms with Gasteiger partial charge in [0, 0.05) is 12.6 Å². The van der Waals surface area contributed by atoms with Crippen LogP contribution in [-0.4, -0.2) is 18.8 Å². The third-order valence-corrected chi connectivity index (χ3v) is 2.23. The quantitative estimate of drug-likeness (QED) is 0.470. The minimum Gasteiger partial charge on any atom is -0.377 e. The highest BCUT2D eigenvalue weighted by molar-refractivity contribution is 4.77. The molecule has 0 aromatic heterocycles. The number of hydrogen-bond donors (Lipinski definition) is 2. The van der Waals surface area contributed by atoms with E-state index in [0.717, 1.165) is 25.9 Å².